The van der Waals surface area contributed by atoms with Crippen molar-refractivity contribution in [1.82, 2.24) is 20.2 Å². The molecule has 0 saturated carbocycles. The van der Waals surface area contributed by atoms with E-state index < -0.39 is 17.2 Å². The van der Waals surface area contributed by atoms with Gasteiger partial charge in [0.2, 0.25) is 5.91 Å². The number of methoxy groups -OCH3 is 1. The minimum atomic E-state index is -0.604. The smallest absolute Gasteiger partial charge is 0.321 e. The number of hydrogen-bond acceptors (Lipinski definition) is 7. The van der Waals surface area contributed by atoms with Gasteiger partial charge in [0.1, 0.15) is 4.83 Å². The average Bonchev–Trinajstić information content (AvgIpc) is 2.88. The van der Waals surface area contributed by atoms with Gasteiger partial charge in [-0.05, 0) is 26.3 Å². The largest absolute Gasteiger partial charge is 0.383 e. The Labute approximate surface area is 159 Å². The molecule has 0 fully saturated rings. The van der Waals surface area contributed by atoms with Gasteiger partial charge in [0.15, 0.2) is 5.16 Å². The molecule has 26 heavy (non-hydrogen) atoms. The van der Waals surface area contributed by atoms with E-state index >= 15 is 0 Å². The first-order chi connectivity index (χ1) is 12.3. The third kappa shape index (κ3) is 4.25. The predicted molar refractivity (Wildman–Crippen MR) is 103 cm³/mol. The number of hydrogen-bond donors (Lipinski definition) is 2. The van der Waals surface area contributed by atoms with Crippen molar-refractivity contribution >= 4 is 45.3 Å². The molecule has 0 bridgehead atoms. The minimum Gasteiger partial charge on any atom is -0.383 e. The fourth-order valence-corrected chi connectivity index (χ4v) is 4.27. The first-order valence-corrected chi connectivity index (χ1v) is 9.68. The lowest BCUT2D eigenvalue weighted by Gasteiger charge is -2.15. The van der Waals surface area contributed by atoms with E-state index in [0.717, 1.165) is 22.2 Å². The van der Waals surface area contributed by atoms with E-state index in [4.69, 9.17) is 4.74 Å². The molecule has 8 nitrogen and oxygen atoms in total. The van der Waals surface area contributed by atoms with Crippen LogP contribution in [-0.2, 0) is 16.1 Å². The van der Waals surface area contributed by atoms with Crippen LogP contribution in [0.25, 0.3) is 10.2 Å². The van der Waals surface area contributed by atoms with Crippen LogP contribution in [-0.4, -0.2) is 47.5 Å². The zero-order valence-corrected chi connectivity index (χ0v) is 17.0. The Bertz CT molecular complexity index is 890. The highest BCUT2D eigenvalue weighted by Crippen LogP contribution is 2.29. The lowest BCUT2D eigenvalue weighted by atomic mass is 10.2. The number of nitrogens with zero attached hydrogens (tertiary/aromatic N) is 2. The molecule has 2 heterocycles. The summed E-state index contributed by atoms with van der Waals surface area (Å²) in [6.07, 6.45) is 0. The highest BCUT2D eigenvalue weighted by Gasteiger charge is 2.22. The van der Waals surface area contributed by atoms with Crippen LogP contribution in [0.3, 0.4) is 0 Å². The quantitative estimate of drug-likeness (QED) is 0.567. The molecular weight excluding hydrogens is 376 g/mol. The third-order valence-corrected chi connectivity index (χ3v) is 6.08. The van der Waals surface area contributed by atoms with Crippen LogP contribution in [0.2, 0.25) is 0 Å². The summed E-state index contributed by atoms with van der Waals surface area (Å²) >= 11 is 2.59. The number of urea groups is 1. The maximum atomic E-state index is 13.0. The van der Waals surface area contributed by atoms with Crippen molar-refractivity contribution in [2.24, 2.45) is 0 Å². The second kappa shape index (κ2) is 8.65. The van der Waals surface area contributed by atoms with Crippen LogP contribution in [0, 0.1) is 13.8 Å². The molecule has 2 aromatic heterocycles. The number of thiophene rings is 1. The maximum absolute atomic E-state index is 13.0. The van der Waals surface area contributed by atoms with Gasteiger partial charge >= 0.3 is 6.03 Å². The monoisotopic (exact) mass is 398 g/mol. The van der Waals surface area contributed by atoms with E-state index in [9.17, 15) is 14.4 Å². The van der Waals surface area contributed by atoms with E-state index in [0.29, 0.717) is 28.5 Å². The Morgan fingerprint density at radius 2 is 2.08 bits per heavy atom. The molecule has 0 aliphatic rings. The van der Waals surface area contributed by atoms with Gasteiger partial charge in [-0.1, -0.05) is 11.8 Å². The van der Waals surface area contributed by atoms with Crippen molar-refractivity contribution in [2.75, 3.05) is 20.8 Å². The van der Waals surface area contributed by atoms with Gasteiger partial charge < -0.3 is 10.1 Å². The van der Waals surface area contributed by atoms with Gasteiger partial charge in [-0.15, -0.1) is 11.3 Å². The summed E-state index contributed by atoms with van der Waals surface area (Å²) in [4.78, 5) is 42.7. The van der Waals surface area contributed by atoms with E-state index in [-0.39, 0.29) is 5.56 Å². The molecule has 142 valence electrons. The second-order valence-electron chi connectivity index (χ2n) is 5.64. The number of aromatic nitrogens is 2. The first kappa shape index (κ1) is 20.4. The summed E-state index contributed by atoms with van der Waals surface area (Å²) in [5, 5.41) is 4.99. The Balaban J connectivity index is 2.42. The molecule has 0 aliphatic heterocycles. The summed E-state index contributed by atoms with van der Waals surface area (Å²) in [5.41, 5.74) is 0.783. The molecule has 0 spiro atoms. The summed E-state index contributed by atoms with van der Waals surface area (Å²) < 4.78 is 6.62. The third-order valence-electron chi connectivity index (χ3n) is 3.89. The fraction of sp³-hybridized carbons (Fsp3) is 0.500. The van der Waals surface area contributed by atoms with Gasteiger partial charge in [-0.3, -0.25) is 19.5 Å². The Kier molecular flexibility index (Phi) is 6.79. The average molecular weight is 399 g/mol. The number of ether oxygens (including phenoxy) is 1. The van der Waals surface area contributed by atoms with Gasteiger partial charge in [-0.25, -0.2) is 9.78 Å². The van der Waals surface area contributed by atoms with Gasteiger partial charge in [-0.2, -0.15) is 0 Å². The molecule has 0 radical (unpaired) electrons. The van der Waals surface area contributed by atoms with Crippen LogP contribution in [0.4, 0.5) is 4.79 Å². The number of amides is 3. The summed E-state index contributed by atoms with van der Waals surface area (Å²) in [6, 6.07) is -0.577. The van der Waals surface area contributed by atoms with Crippen LogP contribution >= 0.6 is 23.1 Å². The SMILES string of the molecule is CNC(=O)NC(=O)[C@H](C)Sc1nc2sc(C)c(C)c2c(=O)n1CCOC. The fourth-order valence-electron chi connectivity index (χ4n) is 2.27. The summed E-state index contributed by atoms with van der Waals surface area (Å²) in [5.74, 6) is -0.458. The number of aryl methyl sites for hydroxylation is 2. The standard InChI is InChI=1S/C16H22N4O4S2/c1-8-9(2)25-13-11(8)14(22)20(6-7-24-5)16(19-13)26-10(3)12(21)18-15(23)17-4/h10H,6-7H2,1-5H3,(H2,17,18,21,23)/t10-/m0/s1. The molecule has 0 unspecified atom stereocenters. The van der Waals surface area contributed by atoms with E-state index in [1.54, 1.807) is 14.0 Å². The normalized spacial score (nSPS) is 12.2. The molecule has 0 aliphatic carbocycles. The Morgan fingerprint density at radius 1 is 1.38 bits per heavy atom. The van der Waals surface area contributed by atoms with Crippen molar-refractivity contribution in [3.63, 3.8) is 0 Å². The van der Waals surface area contributed by atoms with Gasteiger partial charge in [0.05, 0.1) is 23.8 Å². The Hall–Kier alpha value is -1.91. The van der Waals surface area contributed by atoms with Crippen molar-refractivity contribution in [3.8, 4) is 0 Å². The lowest BCUT2D eigenvalue weighted by Crippen LogP contribution is -2.41. The molecule has 3 amide bonds. The molecule has 1 atom stereocenters. The number of nitrogens with one attached hydrogen (secondary N) is 2. The van der Waals surface area contributed by atoms with E-state index in [2.05, 4.69) is 15.6 Å². The lowest BCUT2D eigenvalue weighted by molar-refractivity contribution is -0.119. The molecule has 0 aromatic carbocycles. The van der Waals surface area contributed by atoms with E-state index in [1.807, 2.05) is 13.8 Å². The zero-order chi connectivity index (χ0) is 19.4. The highest BCUT2D eigenvalue weighted by molar-refractivity contribution is 8.00. The van der Waals surface area contributed by atoms with Gasteiger partial charge in [0.25, 0.3) is 5.56 Å². The second-order valence-corrected chi connectivity index (χ2v) is 8.15. The van der Waals surface area contributed by atoms with Crippen LogP contribution in [0.1, 0.15) is 17.4 Å². The Morgan fingerprint density at radius 3 is 2.69 bits per heavy atom. The molecule has 2 aromatic rings. The number of carbonyl (C=O) groups is 2. The van der Waals surface area contributed by atoms with Crippen LogP contribution < -0.4 is 16.2 Å². The molecular formula is C16H22N4O4S2. The number of thioether (sulfide) groups is 1. The number of imide groups is 1. The van der Waals surface area contributed by atoms with Gasteiger partial charge in [0, 0.05) is 19.0 Å². The number of carbonyl (C=O) groups excluding carboxylic acids is 2. The highest BCUT2D eigenvalue weighted by atomic mass is 32.2. The molecule has 10 heteroatoms. The predicted octanol–water partition coefficient (Wildman–Crippen LogP) is 1.66. The molecule has 0 saturated heterocycles. The molecule has 2 rings (SSSR count). The minimum absolute atomic E-state index is 0.143. The summed E-state index contributed by atoms with van der Waals surface area (Å²) in [7, 11) is 2.99. The van der Waals surface area contributed by atoms with Crippen LogP contribution in [0.5, 0.6) is 0 Å². The first-order valence-electron chi connectivity index (χ1n) is 7.98. The number of fused-ring (bicyclic) bond motifs is 1. The maximum Gasteiger partial charge on any atom is 0.321 e. The number of rotatable bonds is 6. The van der Waals surface area contributed by atoms with Crippen molar-refractivity contribution in [1.29, 1.82) is 0 Å². The molecule has 2 N–H and O–H groups in total. The zero-order valence-electron chi connectivity index (χ0n) is 15.3. The summed E-state index contributed by atoms with van der Waals surface area (Å²) in [6.45, 7) is 6.20. The van der Waals surface area contributed by atoms with Crippen molar-refractivity contribution < 1.29 is 14.3 Å². The van der Waals surface area contributed by atoms with Crippen molar-refractivity contribution in [2.45, 2.75) is 37.7 Å². The topological polar surface area (TPSA) is 102 Å². The van der Waals surface area contributed by atoms with Crippen LogP contribution in [0.15, 0.2) is 9.95 Å². The van der Waals surface area contributed by atoms with E-state index in [1.165, 1.54) is 23.0 Å². The van der Waals surface area contributed by atoms with Crippen molar-refractivity contribution in [3.05, 3.63) is 20.8 Å².